The maximum atomic E-state index is 13.1. The van der Waals surface area contributed by atoms with Gasteiger partial charge in [0.25, 0.3) is 0 Å². The summed E-state index contributed by atoms with van der Waals surface area (Å²) < 4.78 is 32.9. The largest absolute Gasteiger partial charge is 0.492 e. The number of para-hydroxylation sites is 2. The monoisotopic (exact) mass is 456 g/mol. The maximum Gasteiger partial charge on any atom is 0.244 e. The van der Waals surface area contributed by atoms with Crippen LogP contribution >= 0.6 is 23.2 Å². The molecule has 0 bridgehead atoms. The minimum absolute atomic E-state index is 0.0468. The van der Waals surface area contributed by atoms with Gasteiger partial charge in [0.05, 0.1) is 23.2 Å². The quantitative estimate of drug-likeness (QED) is 0.697. The van der Waals surface area contributed by atoms with Gasteiger partial charge in [-0.3, -0.25) is 4.79 Å². The van der Waals surface area contributed by atoms with Crippen LogP contribution in [-0.4, -0.2) is 38.3 Å². The molecule has 0 spiro atoms. The van der Waals surface area contributed by atoms with Crippen LogP contribution in [0.15, 0.2) is 47.4 Å². The van der Waals surface area contributed by atoms with Gasteiger partial charge in [0.1, 0.15) is 10.6 Å². The van der Waals surface area contributed by atoms with E-state index in [0.717, 1.165) is 0 Å². The maximum absolute atomic E-state index is 13.1. The predicted molar refractivity (Wildman–Crippen MR) is 114 cm³/mol. The highest BCUT2D eigenvalue weighted by atomic mass is 35.5. The van der Waals surface area contributed by atoms with E-state index in [2.05, 4.69) is 5.32 Å². The van der Waals surface area contributed by atoms with Crippen LogP contribution in [0.1, 0.15) is 19.8 Å². The smallest absolute Gasteiger partial charge is 0.244 e. The third kappa shape index (κ3) is 5.04. The van der Waals surface area contributed by atoms with Crippen molar-refractivity contribution in [1.29, 1.82) is 0 Å². The van der Waals surface area contributed by atoms with Crippen LogP contribution in [0.3, 0.4) is 0 Å². The summed E-state index contributed by atoms with van der Waals surface area (Å²) in [6.45, 7) is 2.74. The Kier molecular flexibility index (Phi) is 7.05. The highest BCUT2D eigenvalue weighted by Crippen LogP contribution is 2.31. The predicted octanol–water partition coefficient (Wildman–Crippen LogP) is 4.43. The standard InChI is InChI=1S/C20H22Cl2N2O4S/c1-2-28-18-8-4-3-7-17(18)23-20(25)14-6-5-11-24(13-14)29(26,27)19-12-15(21)9-10-16(19)22/h3-4,7-10,12,14H,2,5-6,11,13H2,1H3,(H,23,25). The molecule has 0 saturated carbocycles. The molecule has 1 heterocycles. The van der Waals surface area contributed by atoms with Crippen LogP contribution in [0.2, 0.25) is 10.0 Å². The SMILES string of the molecule is CCOc1ccccc1NC(=O)C1CCCN(S(=O)(=O)c2cc(Cl)ccc2Cl)C1. The zero-order chi connectivity index (χ0) is 21.0. The number of carbonyl (C=O) groups is 1. The summed E-state index contributed by atoms with van der Waals surface area (Å²) in [5.41, 5.74) is 0.567. The van der Waals surface area contributed by atoms with Crippen molar-refractivity contribution >= 4 is 44.8 Å². The number of nitrogens with one attached hydrogen (secondary N) is 1. The van der Waals surface area contributed by atoms with Gasteiger partial charge in [0.2, 0.25) is 15.9 Å². The van der Waals surface area contributed by atoms with Crippen LogP contribution in [0.25, 0.3) is 0 Å². The van der Waals surface area contributed by atoms with Crippen molar-refractivity contribution in [2.45, 2.75) is 24.7 Å². The fourth-order valence-electron chi connectivity index (χ4n) is 3.27. The summed E-state index contributed by atoms with van der Waals surface area (Å²) in [6, 6.07) is 11.5. The van der Waals surface area contributed by atoms with Gasteiger partial charge in [-0.1, -0.05) is 35.3 Å². The fourth-order valence-corrected chi connectivity index (χ4v) is 5.54. The highest BCUT2D eigenvalue weighted by molar-refractivity contribution is 7.89. The van der Waals surface area contributed by atoms with Crippen molar-refractivity contribution in [3.63, 3.8) is 0 Å². The number of carbonyl (C=O) groups excluding carboxylic acids is 1. The van der Waals surface area contributed by atoms with Crippen molar-refractivity contribution in [2.75, 3.05) is 25.0 Å². The van der Waals surface area contributed by atoms with Crippen molar-refractivity contribution in [3.8, 4) is 5.75 Å². The molecular weight excluding hydrogens is 435 g/mol. The van der Waals surface area contributed by atoms with Crippen molar-refractivity contribution in [3.05, 3.63) is 52.5 Å². The molecule has 29 heavy (non-hydrogen) atoms. The van der Waals surface area contributed by atoms with Gasteiger partial charge in [-0.05, 0) is 50.1 Å². The van der Waals surface area contributed by atoms with Gasteiger partial charge in [-0.15, -0.1) is 0 Å². The van der Waals surface area contributed by atoms with Gasteiger partial charge in [-0.25, -0.2) is 8.42 Å². The summed E-state index contributed by atoms with van der Waals surface area (Å²) in [5, 5.41) is 3.25. The van der Waals surface area contributed by atoms with E-state index in [1.807, 2.05) is 13.0 Å². The van der Waals surface area contributed by atoms with Gasteiger partial charge >= 0.3 is 0 Å². The fraction of sp³-hybridized carbons (Fsp3) is 0.350. The summed E-state index contributed by atoms with van der Waals surface area (Å²) in [5.74, 6) is -0.144. The topological polar surface area (TPSA) is 75.7 Å². The first-order valence-electron chi connectivity index (χ1n) is 9.31. The average molecular weight is 457 g/mol. The molecule has 9 heteroatoms. The Morgan fingerprint density at radius 2 is 2.00 bits per heavy atom. The number of rotatable bonds is 6. The minimum Gasteiger partial charge on any atom is -0.492 e. The third-order valence-electron chi connectivity index (χ3n) is 4.71. The summed E-state index contributed by atoms with van der Waals surface area (Å²) >= 11 is 12.0. The Hall–Kier alpha value is -1.80. The number of hydrogen-bond donors (Lipinski definition) is 1. The van der Waals surface area contributed by atoms with Crippen LogP contribution in [0.5, 0.6) is 5.75 Å². The van der Waals surface area contributed by atoms with Gasteiger partial charge < -0.3 is 10.1 Å². The molecule has 156 valence electrons. The zero-order valence-corrected chi connectivity index (χ0v) is 18.2. The number of halogens is 2. The molecule has 2 aromatic carbocycles. The van der Waals surface area contributed by atoms with E-state index in [4.69, 9.17) is 27.9 Å². The summed E-state index contributed by atoms with van der Waals surface area (Å²) in [6.07, 6.45) is 1.17. The van der Waals surface area contributed by atoms with Gasteiger partial charge in [-0.2, -0.15) is 4.31 Å². The first kappa shape index (κ1) is 21.9. The number of anilines is 1. The second-order valence-corrected chi connectivity index (χ2v) is 9.45. The normalized spacial score (nSPS) is 17.7. The lowest BCUT2D eigenvalue weighted by Gasteiger charge is -2.31. The lowest BCUT2D eigenvalue weighted by Crippen LogP contribution is -2.43. The molecule has 2 aromatic rings. The average Bonchev–Trinajstić information content (AvgIpc) is 2.71. The molecule has 1 N–H and O–H groups in total. The number of hydrogen-bond acceptors (Lipinski definition) is 4. The molecule has 1 unspecified atom stereocenters. The Bertz CT molecular complexity index is 998. The van der Waals surface area contributed by atoms with E-state index >= 15 is 0 Å². The van der Waals surface area contributed by atoms with Gasteiger partial charge in [0.15, 0.2) is 0 Å². The highest BCUT2D eigenvalue weighted by Gasteiger charge is 2.34. The van der Waals surface area contributed by atoms with E-state index in [1.165, 1.54) is 22.5 Å². The molecule has 1 amide bonds. The molecule has 3 rings (SSSR count). The molecule has 1 atom stereocenters. The molecule has 1 saturated heterocycles. The molecule has 1 fully saturated rings. The molecule has 6 nitrogen and oxygen atoms in total. The number of piperidine rings is 1. The van der Waals surface area contributed by atoms with E-state index in [-0.39, 0.29) is 27.4 Å². The Labute approximate surface area is 180 Å². The number of benzene rings is 2. The first-order valence-corrected chi connectivity index (χ1v) is 11.5. The second kappa shape index (κ2) is 9.34. The molecule has 0 aliphatic carbocycles. The molecule has 1 aliphatic rings. The Balaban J connectivity index is 1.77. The second-order valence-electron chi connectivity index (χ2n) is 6.70. The molecule has 0 radical (unpaired) electrons. The van der Waals surface area contributed by atoms with Crippen LogP contribution in [-0.2, 0) is 14.8 Å². The van der Waals surface area contributed by atoms with E-state index in [9.17, 15) is 13.2 Å². The number of nitrogens with zero attached hydrogens (tertiary/aromatic N) is 1. The number of ether oxygens (including phenoxy) is 1. The Morgan fingerprint density at radius 3 is 2.76 bits per heavy atom. The van der Waals surface area contributed by atoms with E-state index < -0.39 is 15.9 Å². The van der Waals surface area contributed by atoms with Crippen LogP contribution < -0.4 is 10.1 Å². The number of amides is 1. The van der Waals surface area contributed by atoms with Gasteiger partial charge in [0, 0.05) is 18.1 Å². The number of sulfonamides is 1. The van der Waals surface area contributed by atoms with E-state index in [0.29, 0.717) is 37.4 Å². The molecule has 0 aromatic heterocycles. The zero-order valence-electron chi connectivity index (χ0n) is 15.9. The van der Waals surface area contributed by atoms with Crippen LogP contribution in [0.4, 0.5) is 5.69 Å². The summed E-state index contributed by atoms with van der Waals surface area (Å²) in [7, 11) is -3.86. The van der Waals surface area contributed by atoms with Crippen molar-refractivity contribution in [2.24, 2.45) is 5.92 Å². The lowest BCUT2D eigenvalue weighted by atomic mass is 9.98. The lowest BCUT2D eigenvalue weighted by molar-refractivity contribution is -0.120. The van der Waals surface area contributed by atoms with Crippen molar-refractivity contribution < 1.29 is 17.9 Å². The third-order valence-corrected chi connectivity index (χ3v) is 7.29. The van der Waals surface area contributed by atoms with Crippen LogP contribution in [0, 0.1) is 5.92 Å². The van der Waals surface area contributed by atoms with Crippen molar-refractivity contribution in [1.82, 2.24) is 4.31 Å². The first-order chi connectivity index (χ1) is 13.8. The molecule has 1 aliphatic heterocycles. The summed E-state index contributed by atoms with van der Waals surface area (Å²) in [4.78, 5) is 12.8. The Morgan fingerprint density at radius 1 is 1.24 bits per heavy atom. The van der Waals surface area contributed by atoms with E-state index in [1.54, 1.807) is 18.2 Å². The molecular formula is C20H22Cl2N2O4S. The minimum atomic E-state index is -3.86.